The lowest BCUT2D eigenvalue weighted by molar-refractivity contribution is 0.273. The summed E-state index contributed by atoms with van der Waals surface area (Å²) in [7, 11) is 0. The summed E-state index contributed by atoms with van der Waals surface area (Å²) < 4.78 is 18.8. The molecule has 19 heavy (non-hydrogen) atoms. The molecular formula is C14H13FN2O2. The van der Waals surface area contributed by atoms with E-state index in [2.05, 4.69) is 5.32 Å². The third-order valence-electron chi connectivity index (χ3n) is 2.76. The first-order valence-electron chi connectivity index (χ1n) is 5.85. The van der Waals surface area contributed by atoms with Crippen molar-refractivity contribution in [1.82, 2.24) is 0 Å². The molecule has 2 N–H and O–H groups in total. The van der Waals surface area contributed by atoms with Crippen molar-refractivity contribution in [2.45, 2.75) is 12.5 Å². The summed E-state index contributed by atoms with van der Waals surface area (Å²) in [5.41, 5.74) is 0.342. The average molecular weight is 260 g/mol. The van der Waals surface area contributed by atoms with Crippen LogP contribution in [0.15, 0.2) is 41.0 Å². The molecule has 2 aromatic rings. The molecule has 1 aromatic heterocycles. The lowest BCUT2D eigenvalue weighted by Gasteiger charge is -2.17. The van der Waals surface area contributed by atoms with Gasteiger partial charge >= 0.3 is 0 Å². The van der Waals surface area contributed by atoms with Crippen LogP contribution >= 0.6 is 0 Å². The molecule has 0 fully saturated rings. The van der Waals surface area contributed by atoms with Gasteiger partial charge in [-0.1, -0.05) is 6.07 Å². The minimum Gasteiger partial charge on any atom is -0.467 e. The molecule has 0 spiro atoms. The monoisotopic (exact) mass is 260 g/mol. The molecular weight excluding hydrogens is 247 g/mol. The van der Waals surface area contributed by atoms with Gasteiger partial charge in [-0.25, -0.2) is 4.39 Å². The first-order chi connectivity index (χ1) is 9.26. The van der Waals surface area contributed by atoms with Gasteiger partial charge in [-0.3, -0.25) is 0 Å². The summed E-state index contributed by atoms with van der Waals surface area (Å²) in [6.45, 7) is -0.0461. The molecule has 0 aliphatic rings. The number of nitrogens with one attached hydrogen (secondary N) is 1. The molecule has 0 saturated carbocycles. The zero-order chi connectivity index (χ0) is 13.7. The molecule has 0 aliphatic carbocycles. The van der Waals surface area contributed by atoms with Crippen LogP contribution in [0.5, 0.6) is 0 Å². The smallest absolute Gasteiger partial charge is 0.143 e. The number of benzene rings is 1. The van der Waals surface area contributed by atoms with Crippen molar-refractivity contribution in [2.75, 3.05) is 11.9 Å². The van der Waals surface area contributed by atoms with Gasteiger partial charge in [-0.15, -0.1) is 0 Å². The van der Waals surface area contributed by atoms with E-state index in [4.69, 9.17) is 14.8 Å². The summed E-state index contributed by atoms with van der Waals surface area (Å²) in [6, 6.07) is 9.39. The Balaban J connectivity index is 2.28. The molecule has 2 rings (SSSR count). The average Bonchev–Trinajstić information content (AvgIpc) is 2.92. The zero-order valence-corrected chi connectivity index (χ0v) is 10.1. The highest BCUT2D eigenvalue weighted by molar-refractivity contribution is 5.58. The maximum absolute atomic E-state index is 13.5. The van der Waals surface area contributed by atoms with E-state index < -0.39 is 5.82 Å². The van der Waals surface area contributed by atoms with Crippen LogP contribution in [0, 0.1) is 17.1 Å². The van der Waals surface area contributed by atoms with Crippen LogP contribution in [0.3, 0.4) is 0 Å². The van der Waals surface area contributed by atoms with Crippen molar-refractivity contribution < 1.29 is 13.9 Å². The van der Waals surface area contributed by atoms with Crippen molar-refractivity contribution in [3.05, 3.63) is 53.7 Å². The van der Waals surface area contributed by atoms with E-state index >= 15 is 0 Å². The van der Waals surface area contributed by atoms with Gasteiger partial charge < -0.3 is 14.8 Å². The minimum absolute atomic E-state index is 0.0444. The highest BCUT2D eigenvalue weighted by atomic mass is 19.1. The van der Waals surface area contributed by atoms with Crippen LogP contribution in [-0.4, -0.2) is 11.7 Å². The molecule has 0 saturated heterocycles. The number of aliphatic hydroxyl groups excluding tert-OH is 1. The van der Waals surface area contributed by atoms with Crippen LogP contribution in [0.25, 0.3) is 0 Å². The Hall–Kier alpha value is -2.32. The van der Waals surface area contributed by atoms with Gasteiger partial charge in [-0.2, -0.15) is 5.26 Å². The Bertz CT molecular complexity index is 576. The number of aliphatic hydroxyl groups is 1. The van der Waals surface area contributed by atoms with Crippen LogP contribution in [-0.2, 0) is 0 Å². The van der Waals surface area contributed by atoms with Gasteiger partial charge in [0, 0.05) is 6.61 Å². The summed E-state index contributed by atoms with van der Waals surface area (Å²) in [5, 5.41) is 21.1. The Morgan fingerprint density at radius 2 is 2.21 bits per heavy atom. The molecule has 1 heterocycles. The maximum atomic E-state index is 13.5. The van der Waals surface area contributed by atoms with Crippen molar-refractivity contribution >= 4 is 5.69 Å². The predicted octanol–water partition coefficient (Wildman–Crippen LogP) is 2.83. The molecule has 98 valence electrons. The van der Waals surface area contributed by atoms with Crippen molar-refractivity contribution in [1.29, 1.82) is 5.26 Å². The second-order valence-electron chi connectivity index (χ2n) is 4.00. The lowest BCUT2D eigenvalue weighted by Crippen LogP contribution is -2.13. The van der Waals surface area contributed by atoms with Crippen molar-refractivity contribution in [2.24, 2.45) is 0 Å². The van der Waals surface area contributed by atoms with Crippen molar-refractivity contribution in [3.8, 4) is 6.07 Å². The van der Waals surface area contributed by atoms with Gasteiger partial charge in [0.2, 0.25) is 0 Å². The van der Waals surface area contributed by atoms with Crippen molar-refractivity contribution in [3.63, 3.8) is 0 Å². The van der Waals surface area contributed by atoms with E-state index in [1.165, 1.54) is 18.4 Å². The Morgan fingerprint density at radius 1 is 1.37 bits per heavy atom. The summed E-state index contributed by atoms with van der Waals surface area (Å²) in [6.07, 6.45) is 1.92. The Labute approximate surface area is 110 Å². The minimum atomic E-state index is -0.574. The van der Waals surface area contributed by atoms with E-state index in [9.17, 15) is 4.39 Å². The fourth-order valence-electron chi connectivity index (χ4n) is 1.85. The van der Waals surface area contributed by atoms with Crippen LogP contribution < -0.4 is 5.32 Å². The largest absolute Gasteiger partial charge is 0.467 e. The Kier molecular flexibility index (Phi) is 4.16. The highest BCUT2D eigenvalue weighted by Gasteiger charge is 2.16. The summed E-state index contributed by atoms with van der Waals surface area (Å²) in [5.74, 6) is 0.0527. The molecule has 1 atom stereocenters. The topological polar surface area (TPSA) is 69.2 Å². The van der Waals surface area contributed by atoms with E-state index in [1.807, 2.05) is 6.07 Å². The zero-order valence-electron chi connectivity index (χ0n) is 10.1. The normalized spacial score (nSPS) is 11.8. The number of rotatable bonds is 5. The first kappa shape index (κ1) is 13.1. The van der Waals surface area contributed by atoms with E-state index in [-0.39, 0.29) is 18.2 Å². The van der Waals surface area contributed by atoms with Gasteiger partial charge in [0.25, 0.3) is 0 Å². The number of hydrogen-bond donors (Lipinski definition) is 2. The fraction of sp³-hybridized carbons (Fsp3) is 0.214. The molecule has 5 heteroatoms. The Morgan fingerprint density at radius 3 is 2.84 bits per heavy atom. The third kappa shape index (κ3) is 2.92. The quantitative estimate of drug-likeness (QED) is 0.867. The molecule has 0 radical (unpaired) electrons. The molecule has 0 bridgehead atoms. The fourth-order valence-corrected chi connectivity index (χ4v) is 1.85. The van der Waals surface area contributed by atoms with Gasteiger partial charge in [0.1, 0.15) is 23.2 Å². The highest BCUT2D eigenvalue weighted by Crippen LogP contribution is 2.26. The summed E-state index contributed by atoms with van der Waals surface area (Å²) >= 11 is 0. The maximum Gasteiger partial charge on any atom is 0.143 e. The molecule has 4 nitrogen and oxygen atoms in total. The third-order valence-corrected chi connectivity index (χ3v) is 2.76. The standard InChI is InChI=1S/C14H13FN2O2/c15-11-3-1-4-12(10(11)9-16)17-13(6-7-18)14-5-2-8-19-14/h1-5,8,13,17-18H,6-7H2. The van der Waals surface area contributed by atoms with E-state index in [1.54, 1.807) is 18.2 Å². The van der Waals surface area contributed by atoms with Crippen LogP contribution in [0.2, 0.25) is 0 Å². The lowest BCUT2D eigenvalue weighted by atomic mass is 10.1. The molecule has 1 aromatic carbocycles. The van der Waals surface area contributed by atoms with Crippen LogP contribution in [0.4, 0.5) is 10.1 Å². The second-order valence-corrected chi connectivity index (χ2v) is 4.00. The van der Waals surface area contributed by atoms with E-state index in [0.717, 1.165) is 0 Å². The second kappa shape index (κ2) is 6.03. The van der Waals surface area contributed by atoms with Gasteiger partial charge in [0.05, 0.1) is 18.0 Å². The molecule has 0 amide bonds. The van der Waals surface area contributed by atoms with Gasteiger partial charge in [0.15, 0.2) is 0 Å². The number of halogens is 1. The van der Waals surface area contributed by atoms with Gasteiger partial charge in [-0.05, 0) is 30.7 Å². The first-order valence-corrected chi connectivity index (χ1v) is 5.85. The van der Waals surface area contributed by atoms with Crippen LogP contribution in [0.1, 0.15) is 23.8 Å². The number of nitriles is 1. The number of furan rings is 1. The summed E-state index contributed by atoms with van der Waals surface area (Å²) in [4.78, 5) is 0. The number of nitrogens with zero attached hydrogens (tertiary/aromatic N) is 1. The number of anilines is 1. The predicted molar refractivity (Wildman–Crippen MR) is 67.9 cm³/mol. The molecule has 0 aliphatic heterocycles. The van der Waals surface area contributed by atoms with E-state index in [0.29, 0.717) is 17.9 Å². The molecule has 1 unspecified atom stereocenters. The SMILES string of the molecule is N#Cc1c(F)cccc1NC(CCO)c1ccco1. The number of hydrogen-bond acceptors (Lipinski definition) is 4.